The van der Waals surface area contributed by atoms with Crippen molar-refractivity contribution in [3.63, 3.8) is 0 Å². The number of hydrogen-bond acceptors (Lipinski definition) is 7. The minimum absolute atomic E-state index is 0.0383. The van der Waals surface area contributed by atoms with E-state index in [9.17, 15) is 15.0 Å². The van der Waals surface area contributed by atoms with Crippen molar-refractivity contribution in [2.45, 2.75) is 121 Å². The fourth-order valence-electron chi connectivity index (χ4n) is 9.28. The number of benzene rings is 2. The first-order valence-electron chi connectivity index (χ1n) is 18.9. The number of nitrogens with zero attached hydrogens (tertiary/aromatic N) is 3. The van der Waals surface area contributed by atoms with Crippen LogP contribution in [-0.2, 0) is 23.0 Å². The standard InChI is InChI=1S/C40H53N5O5/c1-6-8-17-41-36(45(18-9-7-2)37(47)50-38(3,4)5)42-26-13-14-29-27(21-26)28-22-40(48)31-20-25-12-15-30(46)34-32(25)39(40,35(49-34)33(28)43-29)16-19-44(31)23-24-10-11-24/h12-15,21,24,31,35,43,46,48H,6-11,16-20,22-23H2,1-5H3,(H,41,42)/t31-,35+,39+,40-/m1/s1. The molecule has 1 saturated carbocycles. The molecule has 8 rings (SSSR count). The number of piperidine rings is 1. The summed E-state index contributed by atoms with van der Waals surface area (Å²) in [5.74, 6) is 1.88. The number of likely N-dealkylation sites (tertiary alicyclic amines) is 1. The fraction of sp³-hybridized carbons (Fsp3) is 0.600. The SMILES string of the molecule is CCCCN=C(Nc1ccc2[nH]c3c(c2c1)C[C@@]1(O)[C@H]2Cc4ccc(O)c5c4[C@@]1(CCN2CC1CC1)[C@H]3O5)N(CCCC)C(=O)OC(C)(C)C. The van der Waals surface area contributed by atoms with Crippen LogP contribution in [0.5, 0.6) is 11.5 Å². The number of nitrogens with one attached hydrogen (secondary N) is 2. The lowest BCUT2D eigenvalue weighted by Gasteiger charge is -2.62. The number of aliphatic imine (C=N–C) groups is 1. The van der Waals surface area contributed by atoms with E-state index in [0.29, 0.717) is 37.1 Å². The van der Waals surface area contributed by atoms with Crippen LogP contribution in [0.1, 0.15) is 108 Å². The molecule has 2 bridgehead atoms. The maximum absolute atomic E-state index is 13.5. The number of aromatic hydroxyl groups is 1. The van der Waals surface area contributed by atoms with Crippen LogP contribution in [0.25, 0.3) is 10.9 Å². The number of amides is 1. The molecule has 1 saturated heterocycles. The topological polar surface area (TPSA) is 123 Å². The molecule has 5 aliphatic rings. The summed E-state index contributed by atoms with van der Waals surface area (Å²) in [5, 5.41) is 28.9. The zero-order valence-corrected chi connectivity index (χ0v) is 30.3. The van der Waals surface area contributed by atoms with Gasteiger partial charge in [-0.05, 0) is 107 Å². The van der Waals surface area contributed by atoms with E-state index in [4.69, 9.17) is 14.5 Å². The second-order valence-electron chi connectivity index (χ2n) is 16.4. The van der Waals surface area contributed by atoms with Gasteiger partial charge in [0.25, 0.3) is 0 Å². The Labute approximate surface area is 295 Å². The quantitative estimate of drug-likeness (QED) is 0.107. The Bertz CT molecular complexity index is 1840. The summed E-state index contributed by atoms with van der Waals surface area (Å²) in [7, 11) is 0. The van der Waals surface area contributed by atoms with E-state index >= 15 is 0 Å². The number of H-pyrrole nitrogens is 1. The van der Waals surface area contributed by atoms with Crippen LogP contribution in [0.4, 0.5) is 10.5 Å². The summed E-state index contributed by atoms with van der Waals surface area (Å²) in [4.78, 5) is 26.3. The van der Waals surface area contributed by atoms with E-state index < -0.39 is 28.8 Å². The maximum Gasteiger partial charge on any atom is 0.417 e. The molecule has 2 aliphatic heterocycles. The molecule has 4 N–H and O–H groups in total. The molecule has 1 spiro atoms. The number of anilines is 1. The number of rotatable bonds is 9. The van der Waals surface area contributed by atoms with E-state index in [2.05, 4.69) is 41.2 Å². The van der Waals surface area contributed by atoms with E-state index in [1.165, 1.54) is 18.4 Å². The maximum atomic E-state index is 13.5. The van der Waals surface area contributed by atoms with Crippen LogP contribution in [0.15, 0.2) is 35.3 Å². The second-order valence-corrected chi connectivity index (χ2v) is 16.4. The normalized spacial score (nSPS) is 26.7. The van der Waals surface area contributed by atoms with Crippen molar-refractivity contribution in [2.24, 2.45) is 10.9 Å². The van der Waals surface area contributed by atoms with Gasteiger partial charge in [-0.15, -0.1) is 0 Å². The summed E-state index contributed by atoms with van der Waals surface area (Å²) >= 11 is 0. The first-order chi connectivity index (χ1) is 24.0. The lowest BCUT2D eigenvalue weighted by atomic mass is 9.49. The third-order valence-corrected chi connectivity index (χ3v) is 11.8. The number of unbranched alkanes of at least 4 members (excludes halogenated alkanes) is 2. The summed E-state index contributed by atoms with van der Waals surface area (Å²) in [6.07, 6.45) is 7.34. The summed E-state index contributed by atoms with van der Waals surface area (Å²) in [6, 6.07) is 9.96. The number of hydrogen-bond donors (Lipinski definition) is 4. The molecule has 1 amide bonds. The first-order valence-corrected chi connectivity index (χ1v) is 18.9. The van der Waals surface area contributed by atoms with Gasteiger partial charge in [0.15, 0.2) is 17.6 Å². The third kappa shape index (κ3) is 5.27. The summed E-state index contributed by atoms with van der Waals surface area (Å²) in [5.41, 5.74) is 3.67. The minimum Gasteiger partial charge on any atom is -0.504 e. The van der Waals surface area contributed by atoms with Crippen molar-refractivity contribution in [1.82, 2.24) is 14.8 Å². The molecule has 10 heteroatoms. The highest BCUT2D eigenvalue weighted by atomic mass is 16.6. The van der Waals surface area contributed by atoms with Gasteiger partial charge < -0.3 is 30.0 Å². The number of ether oxygens (including phenoxy) is 2. The number of guanidine groups is 1. The van der Waals surface area contributed by atoms with Gasteiger partial charge in [-0.3, -0.25) is 9.89 Å². The van der Waals surface area contributed by atoms with Crippen molar-refractivity contribution >= 4 is 28.6 Å². The van der Waals surface area contributed by atoms with Gasteiger partial charge in [-0.1, -0.05) is 32.8 Å². The van der Waals surface area contributed by atoms with Crippen LogP contribution in [0.2, 0.25) is 0 Å². The molecule has 3 aromatic rings. The van der Waals surface area contributed by atoms with Gasteiger partial charge in [0.05, 0.1) is 16.7 Å². The van der Waals surface area contributed by atoms with Crippen molar-refractivity contribution in [2.75, 3.05) is 31.5 Å². The second kappa shape index (κ2) is 12.2. The summed E-state index contributed by atoms with van der Waals surface area (Å²) in [6.45, 7) is 12.9. The van der Waals surface area contributed by atoms with Gasteiger partial charge in [-0.25, -0.2) is 9.69 Å². The highest BCUT2D eigenvalue weighted by Gasteiger charge is 2.72. The van der Waals surface area contributed by atoms with Crippen LogP contribution >= 0.6 is 0 Å². The predicted octanol–water partition coefficient (Wildman–Crippen LogP) is 7.18. The third-order valence-electron chi connectivity index (χ3n) is 11.8. The molecule has 4 atom stereocenters. The molecular formula is C40H53N5O5. The van der Waals surface area contributed by atoms with E-state index in [0.717, 1.165) is 85.0 Å². The Kier molecular flexibility index (Phi) is 8.14. The van der Waals surface area contributed by atoms with Crippen molar-refractivity contribution in [1.29, 1.82) is 0 Å². The number of aliphatic hydroxyl groups is 1. The van der Waals surface area contributed by atoms with Crippen LogP contribution in [-0.4, -0.2) is 80.5 Å². The largest absolute Gasteiger partial charge is 0.504 e. The lowest BCUT2D eigenvalue weighted by molar-refractivity contribution is -0.173. The molecule has 3 aliphatic carbocycles. The fourth-order valence-corrected chi connectivity index (χ4v) is 9.28. The number of carbonyl (C=O) groups excluding carboxylic acids is 1. The van der Waals surface area contributed by atoms with Crippen molar-refractivity contribution in [3.8, 4) is 11.5 Å². The monoisotopic (exact) mass is 683 g/mol. The molecule has 268 valence electrons. The molecule has 50 heavy (non-hydrogen) atoms. The Morgan fingerprint density at radius 3 is 2.72 bits per heavy atom. The molecule has 2 fully saturated rings. The predicted molar refractivity (Wildman–Crippen MR) is 195 cm³/mol. The number of aromatic nitrogens is 1. The average molecular weight is 684 g/mol. The van der Waals surface area contributed by atoms with Gasteiger partial charge >= 0.3 is 6.09 Å². The highest BCUT2D eigenvalue weighted by molar-refractivity contribution is 6.03. The zero-order chi connectivity index (χ0) is 35.0. The van der Waals surface area contributed by atoms with E-state index in [1.807, 2.05) is 32.9 Å². The highest BCUT2D eigenvalue weighted by Crippen LogP contribution is 2.69. The molecule has 2 aromatic carbocycles. The average Bonchev–Trinajstić information content (AvgIpc) is 3.71. The molecular weight excluding hydrogens is 630 g/mol. The number of fused-ring (bicyclic) bond motifs is 4. The molecule has 10 nitrogen and oxygen atoms in total. The summed E-state index contributed by atoms with van der Waals surface area (Å²) < 4.78 is 12.6. The van der Waals surface area contributed by atoms with Crippen LogP contribution < -0.4 is 10.1 Å². The van der Waals surface area contributed by atoms with Gasteiger partial charge in [0.2, 0.25) is 5.96 Å². The van der Waals surface area contributed by atoms with Crippen LogP contribution in [0.3, 0.4) is 0 Å². The van der Waals surface area contributed by atoms with Gasteiger partial charge in [-0.2, -0.15) is 0 Å². The van der Waals surface area contributed by atoms with Gasteiger partial charge in [0, 0.05) is 54.3 Å². The van der Waals surface area contributed by atoms with Crippen molar-refractivity contribution in [3.05, 3.63) is 52.7 Å². The number of phenols is 1. The molecule has 1 aromatic heterocycles. The smallest absolute Gasteiger partial charge is 0.417 e. The van der Waals surface area contributed by atoms with Crippen LogP contribution in [0, 0.1) is 5.92 Å². The molecule has 3 heterocycles. The Morgan fingerprint density at radius 1 is 1.18 bits per heavy atom. The molecule has 0 unspecified atom stereocenters. The zero-order valence-electron chi connectivity index (χ0n) is 30.3. The van der Waals surface area contributed by atoms with Gasteiger partial charge in [0.1, 0.15) is 5.60 Å². The van der Waals surface area contributed by atoms with E-state index in [-0.39, 0.29) is 11.8 Å². The number of phenolic OH excluding ortho intramolecular Hbond substituents is 1. The number of aromatic amines is 1. The lowest BCUT2D eigenvalue weighted by Crippen LogP contribution is -2.74. The Morgan fingerprint density at radius 2 is 1.98 bits per heavy atom. The molecule has 0 radical (unpaired) electrons. The number of carbonyl (C=O) groups is 1. The van der Waals surface area contributed by atoms with Crippen molar-refractivity contribution < 1.29 is 24.5 Å². The van der Waals surface area contributed by atoms with E-state index in [1.54, 1.807) is 11.0 Å². The Balaban J connectivity index is 1.19. The first kappa shape index (κ1) is 33.4. The minimum atomic E-state index is -1.07. The Hall–Kier alpha value is -3.76.